The number of carbonyl (C=O) groups excluding carboxylic acids is 2. The molecular formula is C28H26F3N3O4. The first-order valence-corrected chi connectivity index (χ1v) is 12.3. The van der Waals surface area contributed by atoms with Crippen LogP contribution in [0.1, 0.15) is 28.9 Å². The highest BCUT2D eigenvalue weighted by atomic mass is 19.4. The lowest BCUT2D eigenvalue weighted by molar-refractivity contribution is -0.274. The van der Waals surface area contributed by atoms with Gasteiger partial charge in [-0.2, -0.15) is 0 Å². The number of hydrogen-bond acceptors (Lipinski definition) is 6. The molecule has 1 aliphatic carbocycles. The van der Waals surface area contributed by atoms with E-state index in [-0.39, 0.29) is 23.5 Å². The van der Waals surface area contributed by atoms with Crippen LogP contribution in [-0.4, -0.2) is 59.8 Å². The number of alkyl halides is 3. The number of nitrogens with one attached hydrogen (secondary N) is 1. The minimum Gasteiger partial charge on any atom is -0.404 e. The first-order valence-electron chi connectivity index (χ1n) is 12.3. The predicted octanol–water partition coefficient (Wildman–Crippen LogP) is 4.88. The van der Waals surface area contributed by atoms with E-state index in [0.717, 1.165) is 17.2 Å². The second-order valence-electron chi connectivity index (χ2n) is 9.35. The molecule has 2 heterocycles. The van der Waals surface area contributed by atoms with Gasteiger partial charge >= 0.3 is 6.36 Å². The Morgan fingerprint density at radius 3 is 2.37 bits per heavy atom. The number of anilines is 1. The van der Waals surface area contributed by atoms with Gasteiger partial charge in [0.15, 0.2) is 11.5 Å². The van der Waals surface area contributed by atoms with E-state index in [1.54, 1.807) is 12.3 Å². The summed E-state index contributed by atoms with van der Waals surface area (Å²) in [4.78, 5) is 32.6. The van der Waals surface area contributed by atoms with Crippen molar-refractivity contribution in [1.82, 2.24) is 9.88 Å². The summed E-state index contributed by atoms with van der Waals surface area (Å²) in [5.41, 5.74) is 1.55. The number of Topliss-reactive ketones (excluding diaryl/α,β-unsaturated/α-hetero) is 1. The van der Waals surface area contributed by atoms with Crippen molar-refractivity contribution in [3.63, 3.8) is 0 Å². The zero-order chi connectivity index (χ0) is 26.8. The standard InChI is InChI=1S/C28H26F3N3O4/c29-28(30,31)38-25-9-7-20(16-23(25)33-26(36)27(10-11-27)34-12-14-37-15-13-34)24(35)17-22-8-6-21(18-32-22)19-4-2-1-3-5-19/h1-9,16,18H,10-15,17H2,(H,33,36). The summed E-state index contributed by atoms with van der Waals surface area (Å²) in [6.45, 7) is 2.10. The van der Waals surface area contributed by atoms with Crippen LogP contribution in [0.2, 0.25) is 0 Å². The average molecular weight is 526 g/mol. The molecule has 3 aromatic rings. The Bertz CT molecular complexity index is 1300. The van der Waals surface area contributed by atoms with Crippen LogP contribution in [0.3, 0.4) is 0 Å². The van der Waals surface area contributed by atoms with Crippen molar-refractivity contribution >= 4 is 17.4 Å². The molecule has 0 radical (unpaired) electrons. The normalized spacial score (nSPS) is 17.0. The second kappa shape index (κ2) is 10.5. The Balaban J connectivity index is 1.34. The topological polar surface area (TPSA) is 80.8 Å². The molecule has 1 amide bonds. The van der Waals surface area contributed by atoms with Gasteiger partial charge < -0.3 is 14.8 Å². The molecule has 0 bridgehead atoms. The van der Waals surface area contributed by atoms with Crippen molar-refractivity contribution in [2.75, 3.05) is 31.6 Å². The van der Waals surface area contributed by atoms with E-state index in [1.807, 2.05) is 41.3 Å². The first-order chi connectivity index (χ1) is 18.2. The molecule has 2 fully saturated rings. The van der Waals surface area contributed by atoms with E-state index < -0.39 is 23.6 Å². The molecule has 1 aliphatic heterocycles. The van der Waals surface area contributed by atoms with Gasteiger partial charge in [0.25, 0.3) is 0 Å². The molecule has 1 saturated carbocycles. The van der Waals surface area contributed by atoms with Crippen LogP contribution < -0.4 is 10.1 Å². The minimum atomic E-state index is -4.96. The number of ketones is 1. The largest absolute Gasteiger partial charge is 0.573 e. The molecule has 1 aromatic heterocycles. The number of aromatic nitrogens is 1. The van der Waals surface area contributed by atoms with Crippen LogP contribution in [0.25, 0.3) is 11.1 Å². The smallest absolute Gasteiger partial charge is 0.404 e. The lowest BCUT2D eigenvalue weighted by atomic mass is 10.0. The summed E-state index contributed by atoms with van der Waals surface area (Å²) < 4.78 is 48.7. The van der Waals surface area contributed by atoms with Crippen LogP contribution in [0.15, 0.2) is 66.9 Å². The SMILES string of the molecule is O=C(Cc1ccc(-c2ccccc2)cn1)c1ccc(OC(F)(F)F)c(NC(=O)C2(N3CCOCC3)CC2)c1. The summed E-state index contributed by atoms with van der Waals surface area (Å²) in [7, 11) is 0. The van der Waals surface area contributed by atoms with E-state index in [2.05, 4.69) is 15.0 Å². The quantitative estimate of drug-likeness (QED) is 0.423. The Morgan fingerprint density at radius 2 is 1.74 bits per heavy atom. The second-order valence-corrected chi connectivity index (χ2v) is 9.35. The van der Waals surface area contributed by atoms with Gasteiger partial charge in [-0.1, -0.05) is 36.4 Å². The summed E-state index contributed by atoms with van der Waals surface area (Å²) >= 11 is 0. The molecule has 0 unspecified atom stereocenters. The van der Waals surface area contributed by atoms with E-state index in [0.29, 0.717) is 44.8 Å². The van der Waals surface area contributed by atoms with Gasteiger partial charge in [0, 0.05) is 36.1 Å². The maximum Gasteiger partial charge on any atom is 0.573 e. The van der Waals surface area contributed by atoms with Crippen LogP contribution in [0, 0.1) is 0 Å². The predicted molar refractivity (Wildman–Crippen MR) is 134 cm³/mol. The first kappa shape index (κ1) is 25.9. The van der Waals surface area contributed by atoms with Crippen LogP contribution in [-0.2, 0) is 16.0 Å². The van der Waals surface area contributed by atoms with Crippen molar-refractivity contribution in [2.24, 2.45) is 0 Å². The molecule has 0 spiro atoms. The number of rotatable bonds is 8. The zero-order valence-corrected chi connectivity index (χ0v) is 20.5. The molecule has 38 heavy (non-hydrogen) atoms. The van der Waals surface area contributed by atoms with Gasteiger partial charge in [-0.3, -0.25) is 19.5 Å². The Kier molecular flexibility index (Phi) is 7.18. The van der Waals surface area contributed by atoms with Gasteiger partial charge in [0.05, 0.1) is 25.3 Å². The minimum absolute atomic E-state index is 0.0559. The Morgan fingerprint density at radius 1 is 1.00 bits per heavy atom. The number of pyridine rings is 1. The third kappa shape index (κ3) is 5.87. The van der Waals surface area contributed by atoms with Crippen molar-refractivity contribution < 1.29 is 32.2 Å². The molecule has 7 nitrogen and oxygen atoms in total. The summed E-state index contributed by atoms with van der Waals surface area (Å²) in [6, 6.07) is 16.8. The highest BCUT2D eigenvalue weighted by Gasteiger charge is 2.54. The molecule has 1 saturated heterocycles. The van der Waals surface area contributed by atoms with Gasteiger partial charge in [-0.25, -0.2) is 0 Å². The van der Waals surface area contributed by atoms with E-state index in [9.17, 15) is 22.8 Å². The van der Waals surface area contributed by atoms with Crippen molar-refractivity contribution in [2.45, 2.75) is 31.2 Å². The number of ether oxygens (including phenoxy) is 2. The molecule has 1 N–H and O–H groups in total. The van der Waals surface area contributed by atoms with Crippen LogP contribution >= 0.6 is 0 Å². The average Bonchev–Trinajstić information content (AvgIpc) is 3.73. The Hall–Kier alpha value is -3.76. The number of amides is 1. The number of morpholine rings is 1. The highest BCUT2D eigenvalue weighted by Crippen LogP contribution is 2.44. The maximum atomic E-state index is 13.2. The number of nitrogens with zero attached hydrogens (tertiary/aromatic N) is 2. The molecular weight excluding hydrogens is 499 g/mol. The summed E-state index contributed by atoms with van der Waals surface area (Å²) in [5.74, 6) is -1.35. The molecule has 0 atom stereocenters. The summed E-state index contributed by atoms with van der Waals surface area (Å²) in [6.07, 6.45) is -2.16. The zero-order valence-electron chi connectivity index (χ0n) is 20.5. The Labute approximate surface area is 217 Å². The van der Waals surface area contributed by atoms with E-state index >= 15 is 0 Å². The van der Waals surface area contributed by atoms with Crippen molar-refractivity contribution in [3.05, 3.63) is 78.1 Å². The van der Waals surface area contributed by atoms with Crippen molar-refractivity contribution in [3.8, 4) is 16.9 Å². The molecule has 10 heteroatoms. The third-order valence-corrected chi connectivity index (χ3v) is 6.81. The lowest BCUT2D eigenvalue weighted by Gasteiger charge is -2.34. The number of halogens is 3. The molecule has 198 valence electrons. The van der Waals surface area contributed by atoms with Gasteiger partial charge in [-0.05, 0) is 42.7 Å². The fourth-order valence-corrected chi connectivity index (χ4v) is 4.65. The highest BCUT2D eigenvalue weighted by molar-refractivity contribution is 6.03. The van der Waals surface area contributed by atoms with Crippen molar-refractivity contribution in [1.29, 1.82) is 0 Å². The van der Waals surface area contributed by atoms with E-state index in [4.69, 9.17) is 4.74 Å². The summed E-state index contributed by atoms with van der Waals surface area (Å²) in [5, 5.41) is 2.60. The maximum absolute atomic E-state index is 13.2. The molecule has 2 aliphatic rings. The van der Waals surface area contributed by atoms with Gasteiger partial charge in [0.1, 0.15) is 5.54 Å². The lowest BCUT2D eigenvalue weighted by Crippen LogP contribution is -2.51. The fourth-order valence-electron chi connectivity index (χ4n) is 4.65. The molecule has 5 rings (SSSR count). The van der Waals surface area contributed by atoms with Crippen LogP contribution in [0.5, 0.6) is 5.75 Å². The van der Waals surface area contributed by atoms with Gasteiger partial charge in [0.2, 0.25) is 5.91 Å². The van der Waals surface area contributed by atoms with Gasteiger partial charge in [-0.15, -0.1) is 13.2 Å². The third-order valence-electron chi connectivity index (χ3n) is 6.81. The molecule has 2 aromatic carbocycles. The fraction of sp³-hybridized carbons (Fsp3) is 0.321. The van der Waals surface area contributed by atoms with Crippen LogP contribution in [0.4, 0.5) is 18.9 Å². The number of carbonyl (C=O) groups is 2. The van der Waals surface area contributed by atoms with E-state index in [1.165, 1.54) is 12.1 Å². The monoisotopic (exact) mass is 525 g/mol. The number of hydrogen-bond donors (Lipinski definition) is 1. The number of benzene rings is 2.